The highest BCUT2D eigenvalue weighted by Crippen LogP contribution is 2.13. The Hall–Kier alpha value is -1.62. The van der Waals surface area contributed by atoms with E-state index in [2.05, 4.69) is 17.3 Å². The first kappa shape index (κ1) is 13.8. The monoisotopic (exact) mass is 265 g/mol. The van der Waals surface area contributed by atoms with Crippen molar-refractivity contribution >= 4 is 11.6 Å². The van der Waals surface area contributed by atoms with Crippen LogP contribution in [0.15, 0.2) is 18.2 Å². The van der Waals surface area contributed by atoms with Crippen LogP contribution >= 0.6 is 0 Å². The van der Waals surface area contributed by atoms with E-state index >= 15 is 0 Å². The minimum atomic E-state index is -0.283. The predicted octanol–water partition coefficient (Wildman–Crippen LogP) is 1.32. The summed E-state index contributed by atoms with van der Waals surface area (Å²) in [5.41, 5.74) is 1.49. The zero-order valence-electron chi connectivity index (χ0n) is 11.4. The topological polar surface area (TPSA) is 35.6 Å². The lowest BCUT2D eigenvalue weighted by atomic mass is 10.2. The second-order valence-electron chi connectivity index (χ2n) is 5.05. The average molecular weight is 265 g/mol. The number of hydrogen-bond acceptors (Lipinski definition) is 3. The molecule has 1 aliphatic heterocycles. The normalized spacial score (nSPS) is 16.5. The van der Waals surface area contributed by atoms with Crippen molar-refractivity contribution in [1.29, 1.82) is 0 Å². The van der Waals surface area contributed by atoms with Crippen molar-refractivity contribution in [1.82, 2.24) is 9.80 Å². The number of nitrogens with zero attached hydrogens (tertiary/aromatic N) is 2. The lowest BCUT2D eigenvalue weighted by Crippen LogP contribution is -2.48. The molecule has 104 valence electrons. The fourth-order valence-corrected chi connectivity index (χ4v) is 2.18. The van der Waals surface area contributed by atoms with Gasteiger partial charge in [-0.1, -0.05) is 0 Å². The molecule has 5 heteroatoms. The van der Waals surface area contributed by atoms with Gasteiger partial charge in [0.05, 0.1) is 6.54 Å². The number of carbonyl (C=O) groups excluding carboxylic acids is 1. The molecule has 0 aromatic heterocycles. The number of rotatable bonds is 3. The second kappa shape index (κ2) is 6.02. The Morgan fingerprint density at radius 3 is 2.58 bits per heavy atom. The number of benzene rings is 1. The van der Waals surface area contributed by atoms with Crippen LogP contribution in [0.3, 0.4) is 0 Å². The zero-order chi connectivity index (χ0) is 13.8. The van der Waals surface area contributed by atoms with Crippen LogP contribution in [0.1, 0.15) is 5.56 Å². The molecular weight excluding hydrogens is 245 g/mol. The smallest absolute Gasteiger partial charge is 0.241 e. The number of anilines is 1. The summed E-state index contributed by atoms with van der Waals surface area (Å²) in [6, 6.07) is 4.71. The first-order valence-corrected chi connectivity index (χ1v) is 6.52. The van der Waals surface area contributed by atoms with Crippen LogP contribution in [0.4, 0.5) is 10.1 Å². The fourth-order valence-electron chi connectivity index (χ4n) is 2.18. The van der Waals surface area contributed by atoms with Gasteiger partial charge >= 0.3 is 0 Å². The highest BCUT2D eigenvalue weighted by molar-refractivity contribution is 5.81. The standard InChI is InChI=1S/C14H20FN3O/c1-11-7-12(15)9-13(8-11)16-10-14(19)18-5-3-17(2)4-6-18/h7-9,16H,3-6,10H2,1-2H3. The lowest BCUT2D eigenvalue weighted by Gasteiger charge is -2.32. The van der Waals surface area contributed by atoms with Crippen LogP contribution in [0, 0.1) is 12.7 Å². The van der Waals surface area contributed by atoms with Gasteiger partial charge < -0.3 is 15.1 Å². The summed E-state index contributed by atoms with van der Waals surface area (Å²) in [7, 11) is 2.05. The van der Waals surface area contributed by atoms with Gasteiger partial charge in [-0.05, 0) is 37.7 Å². The van der Waals surface area contributed by atoms with Crippen molar-refractivity contribution in [2.75, 3.05) is 45.1 Å². The Labute approximate surface area is 113 Å². The third-order valence-corrected chi connectivity index (χ3v) is 3.34. The summed E-state index contributed by atoms with van der Waals surface area (Å²) < 4.78 is 13.2. The Kier molecular flexibility index (Phi) is 4.37. The van der Waals surface area contributed by atoms with Gasteiger partial charge in [0.1, 0.15) is 5.82 Å². The molecule has 0 spiro atoms. The molecule has 1 aromatic carbocycles. The van der Waals surface area contributed by atoms with E-state index in [0.29, 0.717) is 5.69 Å². The molecule has 19 heavy (non-hydrogen) atoms. The van der Waals surface area contributed by atoms with Gasteiger partial charge in [0.25, 0.3) is 0 Å². The SMILES string of the molecule is Cc1cc(F)cc(NCC(=O)N2CCN(C)CC2)c1. The molecule has 1 saturated heterocycles. The van der Waals surface area contributed by atoms with Crippen molar-refractivity contribution in [2.24, 2.45) is 0 Å². The van der Waals surface area contributed by atoms with Crippen molar-refractivity contribution in [3.8, 4) is 0 Å². The van der Waals surface area contributed by atoms with E-state index in [4.69, 9.17) is 0 Å². The van der Waals surface area contributed by atoms with Crippen LogP contribution in [0.25, 0.3) is 0 Å². The van der Waals surface area contributed by atoms with E-state index in [1.165, 1.54) is 12.1 Å². The van der Waals surface area contributed by atoms with Crippen LogP contribution in [0.2, 0.25) is 0 Å². The molecule has 0 unspecified atom stereocenters. The lowest BCUT2D eigenvalue weighted by molar-refractivity contribution is -0.130. The maximum atomic E-state index is 13.2. The summed E-state index contributed by atoms with van der Waals surface area (Å²) in [5, 5.41) is 2.99. The summed E-state index contributed by atoms with van der Waals surface area (Å²) in [4.78, 5) is 16.0. The van der Waals surface area contributed by atoms with Gasteiger partial charge in [0.15, 0.2) is 0 Å². The number of aryl methyl sites for hydroxylation is 1. The largest absolute Gasteiger partial charge is 0.376 e. The van der Waals surface area contributed by atoms with Crippen molar-refractivity contribution in [3.63, 3.8) is 0 Å². The molecule has 2 rings (SSSR count). The molecule has 0 saturated carbocycles. The highest BCUT2D eigenvalue weighted by atomic mass is 19.1. The molecule has 1 fully saturated rings. The number of piperazine rings is 1. The first-order valence-electron chi connectivity index (χ1n) is 6.52. The van der Waals surface area contributed by atoms with Crippen molar-refractivity contribution < 1.29 is 9.18 Å². The van der Waals surface area contributed by atoms with Crippen LogP contribution in [-0.2, 0) is 4.79 Å². The first-order chi connectivity index (χ1) is 9.04. The number of likely N-dealkylation sites (N-methyl/N-ethyl adjacent to an activating group) is 1. The van der Waals surface area contributed by atoms with E-state index in [0.717, 1.165) is 31.7 Å². The fraction of sp³-hybridized carbons (Fsp3) is 0.500. The molecule has 1 aromatic rings. The van der Waals surface area contributed by atoms with Gasteiger partial charge in [-0.3, -0.25) is 4.79 Å². The minimum Gasteiger partial charge on any atom is -0.376 e. The molecule has 1 N–H and O–H groups in total. The van der Waals surface area contributed by atoms with Gasteiger partial charge in [-0.15, -0.1) is 0 Å². The van der Waals surface area contributed by atoms with Gasteiger partial charge in [-0.2, -0.15) is 0 Å². The predicted molar refractivity (Wildman–Crippen MR) is 73.7 cm³/mol. The van der Waals surface area contributed by atoms with Crippen LogP contribution in [-0.4, -0.2) is 55.5 Å². The summed E-state index contributed by atoms with van der Waals surface area (Å²) in [6.45, 7) is 5.39. The molecule has 0 bridgehead atoms. The zero-order valence-corrected chi connectivity index (χ0v) is 11.4. The molecule has 0 aliphatic carbocycles. The number of hydrogen-bond donors (Lipinski definition) is 1. The van der Waals surface area contributed by atoms with Gasteiger partial charge in [0.2, 0.25) is 5.91 Å². The molecule has 0 radical (unpaired) electrons. The van der Waals surface area contributed by atoms with Gasteiger partial charge in [0, 0.05) is 31.9 Å². The summed E-state index contributed by atoms with van der Waals surface area (Å²) in [6.07, 6.45) is 0. The third-order valence-electron chi connectivity index (χ3n) is 3.34. The number of nitrogens with one attached hydrogen (secondary N) is 1. The molecular formula is C14H20FN3O. The van der Waals surface area contributed by atoms with E-state index in [9.17, 15) is 9.18 Å². The average Bonchev–Trinajstić information content (AvgIpc) is 2.36. The quantitative estimate of drug-likeness (QED) is 0.895. The molecule has 4 nitrogen and oxygen atoms in total. The number of carbonyl (C=O) groups is 1. The number of halogens is 1. The van der Waals surface area contributed by atoms with E-state index < -0.39 is 0 Å². The van der Waals surface area contributed by atoms with Gasteiger partial charge in [-0.25, -0.2) is 4.39 Å². The maximum Gasteiger partial charge on any atom is 0.241 e. The minimum absolute atomic E-state index is 0.0648. The Morgan fingerprint density at radius 2 is 1.95 bits per heavy atom. The van der Waals surface area contributed by atoms with Crippen molar-refractivity contribution in [2.45, 2.75) is 6.92 Å². The molecule has 1 aliphatic rings. The van der Waals surface area contributed by atoms with E-state index in [-0.39, 0.29) is 18.3 Å². The Morgan fingerprint density at radius 1 is 1.26 bits per heavy atom. The maximum absolute atomic E-state index is 13.2. The second-order valence-corrected chi connectivity index (χ2v) is 5.05. The summed E-state index contributed by atoms with van der Waals surface area (Å²) in [5.74, 6) is -0.218. The molecule has 1 amide bonds. The van der Waals surface area contributed by atoms with Crippen LogP contribution in [0.5, 0.6) is 0 Å². The molecule has 1 heterocycles. The third kappa shape index (κ3) is 3.92. The van der Waals surface area contributed by atoms with Crippen LogP contribution < -0.4 is 5.32 Å². The summed E-state index contributed by atoms with van der Waals surface area (Å²) >= 11 is 0. The Balaban J connectivity index is 1.86. The molecule has 0 atom stereocenters. The number of amides is 1. The highest BCUT2D eigenvalue weighted by Gasteiger charge is 2.18. The Bertz CT molecular complexity index is 436. The van der Waals surface area contributed by atoms with E-state index in [1.54, 1.807) is 0 Å². The van der Waals surface area contributed by atoms with E-state index in [1.807, 2.05) is 17.9 Å². The van der Waals surface area contributed by atoms with Crippen molar-refractivity contribution in [3.05, 3.63) is 29.6 Å².